The van der Waals surface area contributed by atoms with Crippen LogP contribution in [0, 0.1) is 5.82 Å². The number of sulfonamides is 1. The molecule has 1 fully saturated rings. The lowest BCUT2D eigenvalue weighted by molar-refractivity contribution is 0.443. The Kier molecular flexibility index (Phi) is 5.11. The standard InChI is InChI=1S/C18H19ClFNO2S/c19-15-8-11-17(20)18(12-15)21-24(22,23)16-9-6-14(7-10-16)13-4-2-1-3-5-13/h6-13,21H,1-5H2. The molecule has 0 heterocycles. The summed E-state index contributed by atoms with van der Waals surface area (Å²) in [4.78, 5) is 0.112. The van der Waals surface area contributed by atoms with Crippen molar-refractivity contribution in [2.24, 2.45) is 0 Å². The molecule has 0 radical (unpaired) electrons. The summed E-state index contributed by atoms with van der Waals surface area (Å²) < 4.78 is 40.9. The van der Waals surface area contributed by atoms with Crippen molar-refractivity contribution in [3.05, 3.63) is 58.9 Å². The third-order valence-electron chi connectivity index (χ3n) is 4.44. The zero-order valence-electron chi connectivity index (χ0n) is 13.1. The van der Waals surface area contributed by atoms with E-state index in [1.54, 1.807) is 12.1 Å². The van der Waals surface area contributed by atoms with Crippen LogP contribution in [0.5, 0.6) is 0 Å². The Morgan fingerprint density at radius 3 is 2.33 bits per heavy atom. The van der Waals surface area contributed by atoms with Crippen molar-refractivity contribution in [3.8, 4) is 0 Å². The second-order valence-corrected chi connectivity index (χ2v) is 8.25. The molecule has 1 aliphatic carbocycles. The molecule has 0 saturated heterocycles. The summed E-state index contributed by atoms with van der Waals surface area (Å²) in [6.07, 6.45) is 6.02. The molecule has 0 spiro atoms. The lowest BCUT2D eigenvalue weighted by atomic mass is 9.84. The second kappa shape index (κ2) is 7.11. The Morgan fingerprint density at radius 2 is 1.67 bits per heavy atom. The fourth-order valence-electron chi connectivity index (χ4n) is 3.13. The zero-order valence-corrected chi connectivity index (χ0v) is 14.7. The summed E-state index contributed by atoms with van der Waals surface area (Å²) in [6.45, 7) is 0. The highest BCUT2D eigenvalue weighted by atomic mass is 35.5. The smallest absolute Gasteiger partial charge is 0.261 e. The van der Waals surface area contributed by atoms with E-state index < -0.39 is 15.8 Å². The quantitative estimate of drug-likeness (QED) is 0.794. The Hall–Kier alpha value is -1.59. The third-order valence-corrected chi connectivity index (χ3v) is 6.06. The summed E-state index contributed by atoms with van der Waals surface area (Å²) >= 11 is 5.80. The van der Waals surface area contributed by atoms with E-state index in [2.05, 4.69) is 4.72 Å². The number of hydrogen-bond donors (Lipinski definition) is 1. The van der Waals surface area contributed by atoms with E-state index >= 15 is 0 Å². The van der Waals surface area contributed by atoms with E-state index in [4.69, 9.17) is 11.6 Å². The molecule has 0 aliphatic heterocycles. The van der Waals surface area contributed by atoms with Crippen molar-refractivity contribution >= 4 is 27.3 Å². The Bertz CT molecular complexity index is 815. The van der Waals surface area contributed by atoms with Crippen molar-refractivity contribution in [2.75, 3.05) is 4.72 Å². The number of rotatable bonds is 4. The van der Waals surface area contributed by atoms with Gasteiger partial charge in [-0.05, 0) is 54.7 Å². The van der Waals surface area contributed by atoms with Gasteiger partial charge in [0.15, 0.2) is 0 Å². The molecule has 6 heteroatoms. The van der Waals surface area contributed by atoms with Crippen LogP contribution in [-0.4, -0.2) is 8.42 Å². The van der Waals surface area contributed by atoms with Gasteiger partial charge in [-0.25, -0.2) is 12.8 Å². The second-order valence-electron chi connectivity index (χ2n) is 6.13. The molecular formula is C18H19ClFNO2S. The zero-order chi connectivity index (χ0) is 17.2. The molecule has 128 valence electrons. The van der Waals surface area contributed by atoms with Gasteiger partial charge in [-0.15, -0.1) is 0 Å². The Labute approximate surface area is 146 Å². The van der Waals surface area contributed by atoms with Gasteiger partial charge >= 0.3 is 0 Å². The van der Waals surface area contributed by atoms with Crippen LogP contribution in [0.3, 0.4) is 0 Å². The normalized spacial score (nSPS) is 16.1. The van der Waals surface area contributed by atoms with Gasteiger partial charge in [-0.2, -0.15) is 0 Å². The highest BCUT2D eigenvalue weighted by Crippen LogP contribution is 2.33. The lowest BCUT2D eigenvalue weighted by Crippen LogP contribution is -2.14. The van der Waals surface area contributed by atoms with Crippen molar-refractivity contribution in [1.82, 2.24) is 0 Å². The first-order valence-corrected chi connectivity index (χ1v) is 9.90. The minimum absolute atomic E-state index is 0.112. The summed E-state index contributed by atoms with van der Waals surface area (Å²) in [5, 5.41) is 0.266. The first-order valence-electron chi connectivity index (χ1n) is 8.03. The molecule has 3 rings (SSSR count). The summed E-state index contributed by atoms with van der Waals surface area (Å²) in [5.41, 5.74) is 1.02. The van der Waals surface area contributed by atoms with E-state index in [9.17, 15) is 12.8 Å². The fraction of sp³-hybridized carbons (Fsp3) is 0.333. The number of halogens is 2. The number of anilines is 1. The van der Waals surface area contributed by atoms with Crippen LogP contribution in [0.2, 0.25) is 5.02 Å². The van der Waals surface area contributed by atoms with Gasteiger partial charge in [0.25, 0.3) is 10.0 Å². The molecular weight excluding hydrogens is 349 g/mol. The fourth-order valence-corrected chi connectivity index (χ4v) is 4.36. The van der Waals surface area contributed by atoms with Gasteiger partial charge in [-0.1, -0.05) is 43.0 Å². The van der Waals surface area contributed by atoms with Crippen molar-refractivity contribution in [2.45, 2.75) is 42.9 Å². The van der Waals surface area contributed by atoms with Crippen LogP contribution in [0.1, 0.15) is 43.6 Å². The summed E-state index contributed by atoms with van der Waals surface area (Å²) in [6, 6.07) is 10.6. The van der Waals surface area contributed by atoms with Crippen molar-refractivity contribution < 1.29 is 12.8 Å². The molecule has 0 aromatic heterocycles. The van der Waals surface area contributed by atoms with Crippen molar-refractivity contribution in [1.29, 1.82) is 0 Å². The lowest BCUT2D eigenvalue weighted by Gasteiger charge is -2.22. The van der Waals surface area contributed by atoms with Crippen LogP contribution in [-0.2, 0) is 10.0 Å². The SMILES string of the molecule is O=S(=O)(Nc1cc(Cl)ccc1F)c1ccc(C2CCCCC2)cc1. The number of hydrogen-bond acceptors (Lipinski definition) is 2. The molecule has 1 N–H and O–H groups in total. The van der Waals surface area contributed by atoms with Gasteiger partial charge in [0, 0.05) is 5.02 Å². The highest BCUT2D eigenvalue weighted by molar-refractivity contribution is 7.92. The Balaban J connectivity index is 1.80. The first kappa shape index (κ1) is 17.2. The first-order chi connectivity index (χ1) is 11.5. The molecule has 1 saturated carbocycles. The summed E-state index contributed by atoms with van der Waals surface area (Å²) in [5.74, 6) is -0.157. The van der Waals surface area contributed by atoms with Gasteiger partial charge in [0.2, 0.25) is 0 Å². The van der Waals surface area contributed by atoms with E-state index in [1.165, 1.54) is 37.0 Å². The molecule has 24 heavy (non-hydrogen) atoms. The highest BCUT2D eigenvalue weighted by Gasteiger charge is 2.19. The topological polar surface area (TPSA) is 46.2 Å². The minimum Gasteiger partial charge on any atom is -0.277 e. The van der Waals surface area contributed by atoms with Crippen LogP contribution in [0.4, 0.5) is 10.1 Å². The molecule has 2 aromatic carbocycles. The summed E-state index contributed by atoms with van der Waals surface area (Å²) in [7, 11) is -3.85. The van der Waals surface area contributed by atoms with E-state index in [0.717, 1.165) is 18.9 Å². The van der Waals surface area contributed by atoms with Gasteiger partial charge < -0.3 is 0 Å². The monoisotopic (exact) mass is 367 g/mol. The molecule has 3 nitrogen and oxygen atoms in total. The van der Waals surface area contributed by atoms with E-state index in [1.807, 2.05) is 12.1 Å². The predicted octanol–water partition coefficient (Wildman–Crippen LogP) is 5.33. The van der Waals surface area contributed by atoms with E-state index in [-0.39, 0.29) is 15.6 Å². The Morgan fingerprint density at radius 1 is 1.00 bits per heavy atom. The average Bonchev–Trinajstić information content (AvgIpc) is 2.59. The number of benzene rings is 2. The molecule has 1 aliphatic rings. The van der Waals surface area contributed by atoms with E-state index in [0.29, 0.717) is 5.92 Å². The maximum atomic E-state index is 13.7. The van der Waals surface area contributed by atoms with Crippen LogP contribution in [0.15, 0.2) is 47.4 Å². The third kappa shape index (κ3) is 3.90. The van der Waals surface area contributed by atoms with Crippen molar-refractivity contribution in [3.63, 3.8) is 0 Å². The maximum Gasteiger partial charge on any atom is 0.261 e. The minimum atomic E-state index is -3.85. The molecule has 2 aromatic rings. The van der Waals surface area contributed by atoms with Crippen LogP contribution < -0.4 is 4.72 Å². The van der Waals surface area contributed by atoms with Crippen LogP contribution >= 0.6 is 11.6 Å². The average molecular weight is 368 g/mol. The molecule has 0 amide bonds. The van der Waals surface area contributed by atoms with Gasteiger partial charge in [0.1, 0.15) is 5.82 Å². The van der Waals surface area contributed by atoms with Gasteiger partial charge in [-0.3, -0.25) is 4.72 Å². The predicted molar refractivity (Wildman–Crippen MR) is 94.5 cm³/mol. The molecule has 0 bridgehead atoms. The van der Waals surface area contributed by atoms with Crippen LogP contribution in [0.25, 0.3) is 0 Å². The molecule has 0 unspecified atom stereocenters. The maximum absolute atomic E-state index is 13.7. The number of nitrogens with one attached hydrogen (secondary N) is 1. The molecule has 0 atom stereocenters. The largest absolute Gasteiger partial charge is 0.277 e. The van der Waals surface area contributed by atoms with Gasteiger partial charge in [0.05, 0.1) is 10.6 Å².